The smallest absolute Gasteiger partial charge is 0.251 e. The van der Waals surface area contributed by atoms with Gasteiger partial charge in [0.2, 0.25) is 5.91 Å². The van der Waals surface area contributed by atoms with Crippen molar-refractivity contribution in [3.05, 3.63) is 56.7 Å². The van der Waals surface area contributed by atoms with E-state index in [0.717, 1.165) is 22.2 Å². The van der Waals surface area contributed by atoms with E-state index in [4.69, 9.17) is 0 Å². The van der Waals surface area contributed by atoms with Crippen LogP contribution in [0, 0.1) is 0 Å². The minimum atomic E-state index is -0.0501. The van der Waals surface area contributed by atoms with Crippen molar-refractivity contribution >= 4 is 39.1 Å². The van der Waals surface area contributed by atoms with Gasteiger partial charge in [0, 0.05) is 34.0 Å². The van der Waals surface area contributed by atoms with Crippen molar-refractivity contribution in [2.45, 2.75) is 25.3 Å². The Morgan fingerprint density at radius 1 is 1.17 bits per heavy atom. The molecule has 1 aliphatic rings. The van der Waals surface area contributed by atoms with Gasteiger partial charge in [0.05, 0.1) is 6.42 Å². The van der Waals surface area contributed by atoms with E-state index in [0.29, 0.717) is 25.1 Å². The van der Waals surface area contributed by atoms with Crippen LogP contribution in [0.2, 0.25) is 0 Å². The van der Waals surface area contributed by atoms with E-state index in [-0.39, 0.29) is 17.9 Å². The number of hydrogen-bond donors (Lipinski definition) is 1. The van der Waals surface area contributed by atoms with Crippen molar-refractivity contribution < 1.29 is 9.59 Å². The number of carbonyl (C=O) groups excluding carboxylic acids is 2. The Morgan fingerprint density at radius 3 is 2.50 bits per heavy atom. The van der Waals surface area contributed by atoms with Crippen molar-refractivity contribution in [2.24, 2.45) is 0 Å². The van der Waals surface area contributed by atoms with Gasteiger partial charge in [-0.3, -0.25) is 9.59 Å². The maximum atomic E-state index is 12.3. The van der Waals surface area contributed by atoms with Crippen LogP contribution in [-0.2, 0) is 11.2 Å². The molecule has 1 aromatic heterocycles. The lowest BCUT2D eigenvalue weighted by molar-refractivity contribution is -0.131. The molecule has 0 radical (unpaired) electrons. The van der Waals surface area contributed by atoms with Crippen LogP contribution < -0.4 is 5.32 Å². The molecule has 1 saturated heterocycles. The third-order valence-corrected chi connectivity index (χ3v) is 5.60. The van der Waals surface area contributed by atoms with E-state index < -0.39 is 0 Å². The summed E-state index contributed by atoms with van der Waals surface area (Å²) in [5, 5.41) is 5.06. The van der Waals surface area contributed by atoms with Gasteiger partial charge in [0.25, 0.3) is 5.91 Å². The molecule has 2 heterocycles. The zero-order valence-corrected chi connectivity index (χ0v) is 15.6. The lowest BCUT2D eigenvalue weighted by Gasteiger charge is -2.32. The molecule has 0 aliphatic carbocycles. The second-order valence-electron chi connectivity index (χ2n) is 5.89. The van der Waals surface area contributed by atoms with Gasteiger partial charge in [-0.25, -0.2) is 0 Å². The molecule has 1 aromatic carbocycles. The zero-order valence-electron chi connectivity index (χ0n) is 13.2. The summed E-state index contributed by atoms with van der Waals surface area (Å²) in [6.45, 7) is 1.41. The number of benzene rings is 1. The number of halogens is 1. The van der Waals surface area contributed by atoms with Gasteiger partial charge in [-0.2, -0.15) is 0 Å². The lowest BCUT2D eigenvalue weighted by atomic mass is 10.0. The van der Waals surface area contributed by atoms with E-state index >= 15 is 0 Å². The predicted octanol–water partition coefficient (Wildman–Crippen LogP) is 3.47. The maximum Gasteiger partial charge on any atom is 0.251 e. The Morgan fingerprint density at radius 2 is 1.88 bits per heavy atom. The molecule has 4 nitrogen and oxygen atoms in total. The SMILES string of the molecule is O=C(NC1CCN(C(=O)Cc2cccs2)CC1)c1ccc(Br)cc1. The molecule has 126 valence electrons. The highest BCUT2D eigenvalue weighted by atomic mass is 79.9. The van der Waals surface area contributed by atoms with Crippen molar-refractivity contribution in [3.63, 3.8) is 0 Å². The number of amides is 2. The van der Waals surface area contributed by atoms with Crippen molar-refractivity contribution in [3.8, 4) is 0 Å². The van der Waals surface area contributed by atoms with Gasteiger partial charge in [-0.15, -0.1) is 11.3 Å². The minimum absolute atomic E-state index is 0.0501. The Kier molecular flexibility index (Phi) is 5.68. The number of thiophene rings is 1. The number of carbonyl (C=O) groups is 2. The number of piperidine rings is 1. The third-order valence-electron chi connectivity index (χ3n) is 4.19. The van der Waals surface area contributed by atoms with Crippen molar-refractivity contribution in [1.82, 2.24) is 10.2 Å². The first-order valence-electron chi connectivity index (χ1n) is 7.98. The first-order valence-corrected chi connectivity index (χ1v) is 9.65. The van der Waals surface area contributed by atoms with E-state index in [1.54, 1.807) is 23.5 Å². The molecule has 6 heteroatoms. The van der Waals surface area contributed by atoms with E-state index in [9.17, 15) is 9.59 Å². The molecule has 24 heavy (non-hydrogen) atoms. The number of rotatable bonds is 4. The molecule has 0 atom stereocenters. The summed E-state index contributed by atoms with van der Waals surface area (Å²) in [6, 6.07) is 11.4. The molecule has 1 fully saturated rings. The summed E-state index contributed by atoms with van der Waals surface area (Å²) in [5.41, 5.74) is 0.661. The van der Waals surface area contributed by atoms with Crippen LogP contribution in [0.25, 0.3) is 0 Å². The van der Waals surface area contributed by atoms with Crippen LogP contribution in [0.5, 0.6) is 0 Å². The van der Waals surface area contributed by atoms with E-state index in [2.05, 4.69) is 21.2 Å². The number of likely N-dealkylation sites (tertiary alicyclic amines) is 1. The number of nitrogens with zero attached hydrogens (tertiary/aromatic N) is 1. The summed E-state index contributed by atoms with van der Waals surface area (Å²) < 4.78 is 0.955. The topological polar surface area (TPSA) is 49.4 Å². The Labute approximate surface area is 154 Å². The minimum Gasteiger partial charge on any atom is -0.349 e. The van der Waals surface area contributed by atoms with Crippen LogP contribution in [0.3, 0.4) is 0 Å². The second-order valence-corrected chi connectivity index (χ2v) is 7.84. The molecule has 0 spiro atoms. The van der Waals surface area contributed by atoms with E-state index in [1.807, 2.05) is 34.5 Å². The van der Waals surface area contributed by atoms with Crippen LogP contribution in [0.1, 0.15) is 28.1 Å². The highest BCUT2D eigenvalue weighted by molar-refractivity contribution is 9.10. The summed E-state index contributed by atoms with van der Waals surface area (Å²) in [7, 11) is 0. The average molecular weight is 407 g/mol. The Balaban J connectivity index is 1.47. The second kappa shape index (κ2) is 7.94. The molecule has 2 amide bonds. The monoisotopic (exact) mass is 406 g/mol. The Hall–Kier alpha value is -1.66. The van der Waals surface area contributed by atoms with Gasteiger partial charge in [-0.1, -0.05) is 22.0 Å². The summed E-state index contributed by atoms with van der Waals surface area (Å²) in [4.78, 5) is 27.5. The molecular formula is C18H19BrN2O2S. The molecule has 1 N–H and O–H groups in total. The molecule has 1 aliphatic heterocycles. The average Bonchev–Trinajstić information content (AvgIpc) is 3.09. The first kappa shape index (κ1) is 17.2. The molecule has 0 unspecified atom stereocenters. The van der Waals surface area contributed by atoms with Gasteiger partial charge in [0.15, 0.2) is 0 Å². The van der Waals surface area contributed by atoms with Crippen LogP contribution >= 0.6 is 27.3 Å². The zero-order chi connectivity index (χ0) is 16.9. The first-order chi connectivity index (χ1) is 11.6. The summed E-state index contributed by atoms with van der Waals surface area (Å²) >= 11 is 4.98. The Bertz CT molecular complexity index is 692. The van der Waals surface area contributed by atoms with Crippen LogP contribution in [-0.4, -0.2) is 35.8 Å². The van der Waals surface area contributed by atoms with Gasteiger partial charge in [-0.05, 0) is 48.6 Å². The van der Waals surface area contributed by atoms with Gasteiger partial charge >= 0.3 is 0 Å². The normalized spacial score (nSPS) is 15.3. The molecule has 3 rings (SSSR count). The highest BCUT2D eigenvalue weighted by Gasteiger charge is 2.24. The third kappa shape index (κ3) is 4.45. The predicted molar refractivity (Wildman–Crippen MR) is 99.2 cm³/mol. The van der Waals surface area contributed by atoms with Crippen LogP contribution in [0.4, 0.5) is 0 Å². The maximum absolute atomic E-state index is 12.3. The summed E-state index contributed by atoms with van der Waals surface area (Å²) in [5.74, 6) is 0.126. The number of hydrogen-bond acceptors (Lipinski definition) is 3. The van der Waals surface area contributed by atoms with Gasteiger partial charge < -0.3 is 10.2 Å². The van der Waals surface area contributed by atoms with Crippen LogP contribution in [0.15, 0.2) is 46.3 Å². The van der Waals surface area contributed by atoms with E-state index in [1.165, 1.54) is 0 Å². The standard InChI is InChI=1S/C18H19BrN2O2S/c19-14-5-3-13(4-6-14)18(23)20-15-7-9-21(10-8-15)17(22)12-16-2-1-11-24-16/h1-6,11,15H,7-10,12H2,(H,20,23). The fourth-order valence-corrected chi connectivity index (χ4v) is 3.78. The lowest BCUT2D eigenvalue weighted by Crippen LogP contribution is -2.46. The highest BCUT2D eigenvalue weighted by Crippen LogP contribution is 2.16. The molecule has 0 saturated carbocycles. The molecular weight excluding hydrogens is 388 g/mol. The molecule has 2 aromatic rings. The molecule has 0 bridgehead atoms. The fraction of sp³-hybridized carbons (Fsp3) is 0.333. The summed E-state index contributed by atoms with van der Waals surface area (Å²) in [6.07, 6.45) is 2.09. The largest absolute Gasteiger partial charge is 0.349 e. The van der Waals surface area contributed by atoms with Crippen molar-refractivity contribution in [1.29, 1.82) is 0 Å². The van der Waals surface area contributed by atoms with Gasteiger partial charge in [0.1, 0.15) is 0 Å². The number of nitrogens with one attached hydrogen (secondary N) is 1. The van der Waals surface area contributed by atoms with Crippen molar-refractivity contribution in [2.75, 3.05) is 13.1 Å². The quantitative estimate of drug-likeness (QED) is 0.844. The fourth-order valence-electron chi connectivity index (χ4n) is 2.82.